The maximum atomic E-state index is 13.4. The van der Waals surface area contributed by atoms with E-state index in [1.165, 1.54) is 6.08 Å². The van der Waals surface area contributed by atoms with Gasteiger partial charge in [0.1, 0.15) is 5.76 Å². The molecule has 1 amide bonds. The summed E-state index contributed by atoms with van der Waals surface area (Å²) in [7, 11) is 0. The zero-order valence-corrected chi connectivity index (χ0v) is 15.7. The lowest BCUT2D eigenvalue weighted by atomic mass is 10.0. The fraction of sp³-hybridized carbons (Fsp3) is 0.250. The predicted molar refractivity (Wildman–Crippen MR) is 94.5 cm³/mol. The van der Waals surface area contributed by atoms with E-state index >= 15 is 0 Å². The first-order valence-corrected chi connectivity index (χ1v) is 8.85. The second kappa shape index (κ2) is 8.06. The van der Waals surface area contributed by atoms with Gasteiger partial charge in [-0.1, -0.05) is 18.2 Å². The number of alkyl halides is 9. The molecule has 0 fully saturated rings. The van der Waals surface area contributed by atoms with E-state index in [2.05, 4.69) is 0 Å². The van der Waals surface area contributed by atoms with Crippen LogP contribution in [0.3, 0.4) is 0 Å². The number of benzene rings is 1. The number of anilines is 1. The van der Waals surface area contributed by atoms with Gasteiger partial charge in [0.15, 0.2) is 0 Å². The topological polar surface area (TPSA) is 42.2 Å². The molecule has 0 aliphatic heterocycles. The molecule has 0 unspecified atom stereocenters. The molecule has 32 heavy (non-hydrogen) atoms. The molecule has 12 heteroatoms. The number of amides is 1. The molecule has 1 heterocycles. The fourth-order valence-corrected chi connectivity index (χ4v) is 2.93. The van der Waals surface area contributed by atoms with E-state index in [1.54, 1.807) is 17.5 Å². The summed E-state index contributed by atoms with van der Waals surface area (Å²) in [6, 6.07) is 0.939. The van der Waals surface area contributed by atoms with Crippen LogP contribution in [0.2, 0.25) is 0 Å². The molecule has 1 aromatic heterocycles. The van der Waals surface area contributed by atoms with Crippen LogP contribution in [0.1, 0.15) is 45.8 Å². The Morgan fingerprint density at radius 3 is 1.88 bits per heavy atom. The van der Waals surface area contributed by atoms with Crippen LogP contribution in [0.15, 0.2) is 46.9 Å². The average Bonchev–Trinajstić information content (AvgIpc) is 3.13. The highest BCUT2D eigenvalue weighted by molar-refractivity contribution is 6.05. The summed E-state index contributed by atoms with van der Waals surface area (Å²) in [5, 5.41) is 1.68. The second-order valence-corrected chi connectivity index (χ2v) is 6.74. The van der Waals surface area contributed by atoms with Crippen molar-refractivity contribution >= 4 is 17.2 Å². The monoisotopic (exact) mass is 469 g/mol. The molecule has 0 radical (unpaired) electrons. The van der Waals surface area contributed by atoms with Crippen molar-refractivity contribution in [1.29, 1.82) is 0 Å². The quantitative estimate of drug-likeness (QED) is 0.479. The first-order chi connectivity index (χ1) is 14.7. The van der Waals surface area contributed by atoms with Crippen molar-refractivity contribution in [3.8, 4) is 0 Å². The van der Waals surface area contributed by atoms with Gasteiger partial charge in [0, 0.05) is 11.3 Å². The van der Waals surface area contributed by atoms with Crippen LogP contribution in [0.25, 0.3) is 5.57 Å². The molecule has 3 nitrogen and oxygen atoms in total. The van der Waals surface area contributed by atoms with Crippen LogP contribution in [-0.4, -0.2) is 5.91 Å². The minimum Gasteiger partial charge on any atom is -0.451 e. The Kier molecular flexibility index (Phi) is 5.92. The lowest BCUT2D eigenvalue weighted by Gasteiger charge is -2.15. The van der Waals surface area contributed by atoms with E-state index in [-0.39, 0.29) is 29.5 Å². The summed E-state index contributed by atoms with van der Waals surface area (Å²) in [6.45, 7) is 0. The molecule has 1 aliphatic carbocycles. The number of allylic oxidation sites excluding steroid dienone is 4. The van der Waals surface area contributed by atoms with Crippen molar-refractivity contribution in [2.75, 3.05) is 5.32 Å². The van der Waals surface area contributed by atoms with Crippen molar-refractivity contribution in [1.82, 2.24) is 0 Å². The minimum atomic E-state index is -5.19. The Labute approximate surface area is 174 Å². The van der Waals surface area contributed by atoms with Crippen LogP contribution in [0.5, 0.6) is 0 Å². The molecular weight excluding hydrogens is 457 g/mol. The zero-order chi connectivity index (χ0) is 23.9. The molecule has 2 aromatic rings. The maximum Gasteiger partial charge on any atom is 0.450 e. The van der Waals surface area contributed by atoms with Crippen molar-refractivity contribution in [3.05, 3.63) is 70.7 Å². The molecule has 1 N–H and O–H groups in total. The van der Waals surface area contributed by atoms with E-state index in [4.69, 9.17) is 4.42 Å². The molecule has 172 valence electrons. The third-order valence-electron chi connectivity index (χ3n) is 4.36. The molecule has 1 aliphatic rings. The van der Waals surface area contributed by atoms with Crippen LogP contribution in [0.4, 0.5) is 45.2 Å². The lowest BCUT2D eigenvalue weighted by molar-refractivity contribution is -0.153. The number of halogens is 9. The standard InChI is InChI=1S/C20H12F9NO2/c21-18(22,23)11-6-12(19(24,25)26)8-13(7-11)30-17(31)14-9-15(10-4-2-1-3-5-10)32-16(14)20(27,28)29/h2,4-9H,1,3H2,(H,30,31). The molecule has 1 aromatic carbocycles. The Hall–Kier alpha value is -3.18. The van der Waals surface area contributed by atoms with Crippen molar-refractivity contribution in [2.45, 2.75) is 31.4 Å². The van der Waals surface area contributed by atoms with Gasteiger partial charge in [-0.2, -0.15) is 39.5 Å². The number of furan rings is 1. The van der Waals surface area contributed by atoms with Crippen molar-refractivity contribution < 1.29 is 48.7 Å². The highest BCUT2D eigenvalue weighted by atomic mass is 19.4. The van der Waals surface area contributed by atoms with Crippen LogP contribution in [0, 0.1) is 0 Å². The van der Waals surface area contributed by atoms with E-state index < -0.39 is 52.6 Å². The third-order valence-corrected chi connectivity index (χ3v) is 4.36. The van der Waals surface area contributed by atoms with Crippen LogP contribution in [-0.2, 0) is 18.5 Å². The molecule has 0 saturated carbocycles. The highest BCUT2D eigenvalue weighted by Crippen LogP contribution is 2.39. The molecule has 0 spiro atoms. The van der Waals surface area contributed by atoms with Crippen LogP contribution >= 0.6 is 0 Å². The van der Waals surface area contributed by atoms with Gasteiger partial charge in [-0.15, -0.1) is 0 Å². The SMILES string of the molecule is O=C(Nc1cc(C(F)(F)F)cc(C(F)(F)F)c1)c1cc(C2=CCCC=C2)oc1C(F)(F)F. The Morgan fingerprint density at radius 2 is 1.41 bits per heavy atom. The number of carbonyl (C=O) groups is 1. The zero-order valence-electron chi connectivity index (χ0n) is 15.7. The van der Waals surface area contributed by atoms with Gasteiger partial charge in [-0.3, -0.25) is 4.79 Å². The molecule has 3 rings (SSSR count). The number of hydrogen-bond acceptors (Lipinski definition) is 2. The third kappa shape index (κ3) is 5.17. The summed E-state index contributed by atoms with van der Waals surface area (Å²) in [5.74, 6) is -3.63. The van der Waals surface area contributed by atoms with E-state index in [9.17, 15) is 44.3 Å². The van der Waals surface area contributed by atoms with Crippen molar-refractivity contribution in [3.63, 3.8) is 0 Å². The van der Waals surface area contributed by atoms with Gasteiger partial charge in [-0.05, 0) is 37.1 Å². The highest BCUT2D eigenvalue weighted by Gasteiger charge is 2.41. The average molecular weight is 469 g/mol. The van der Waals surface area contributed by atoms with E-state index in [0.29, 0.717) is 12.8 Å². The predicted octanol–water partition coefficient (Wildman–Crippen LogP) is 7.32. The van der Waals surface area contributed by atoms with Gasteiger partial charge in [0.25, 0.3) is 5.91 Å². The first kappa shape index (κ1) is 23.5. The Morgan fingerprint density at radius 1 is 0.812 bits per heavy atom. The van der Waals surface area contributed by atoms with E-state index in [1.807, 2.05) is 0 Å². The van der Waals surface area contributed by atoms with Gasteiger partial charge < -0.3 is 9.73 Å². The summed E-state index contributed by atoms with van der Waals surface area (Å²) in [5.41, 5.74) is -5.28. The lowest BCUT2D eigenvalue weighted by Crippen LogP contribution is -2.18. The molecular formula is C20H12F9NO2. The Bertz CT molecular complexity index is 1050. The number of carbonyl (C=O) groups excluding carboxylic acids is 1. The maximum absolute atomic E-state index is 13.4. The minimum absolute atomic E-state index is 0.172. The fourth-order valence-electron chi connectivity index (χ4n) is 2.93. The molecule has 0 atom stereocenters. The molecule has 0 bridgehead atoms. The van der Waals surface area contributed by atoms with Gasteiger partial charge in [0.05, 0.1) is 16.7 Å². The summed E-state index contributed by atoms with van der Waals surface area (Å²) >= 11 is 0. The summed E-state index contributed by atoms with van der Waals surface area (Å²) in [6.07, 6.45) is -9.71. The number of hydrogen-bond donors (Lipinski definition) is 1. The second-order valence-electron chi connectivity index (χ2n) is 6.74. The van der Waals surface area contributed by atoms with Gasteiger partial charge in [0.2, 0.25) is 5.76 Å². The smallest absolute Gasteiger partial charge is 0.450 e. The first-order valence-electron chi connectivity index (χ1n) is 8.85. The normalized spacial score (nSPS) is 15.0. The van der Waals surface area contributed by atoms with Crippen molar-refractivity contribution in [2.24, 2.45) is 0 Å². The summed E-state index contributed by atoms with van der Waals surface area (Å²) in [4.78, 5) is 12.4. The van der Waals surface area contributed by atoms with Crippen LogP contribution < -0.4 is 5.32 Å². The Balaban J connectivity index is 2.02. The summed E-state index contributed by atoms with van der Waals surface area (Å²) < 4.78 is 123. The van der Waals surface area contributed by atoms with E-state index in [0.717, 1.165) is 6.07 Å². The van der Waals surface area contributed by atoms with Gasteiger partial charge >= 0.3 is 18.5 Å². The van der Waals surface area contributed by atoms with Gasteiger partial charge in [-0.25, -0.2) is 0 Å². The largest absolute Gasteiger partial charge is 0.451 e. The molecule has 0 saturated heterocycles. The number of nitrogens with one attached hydrogen (secondary N) is 1. The number of rotatable bonds is 3.